The Hall–Kier alpha value is -2.38. The molecule has 2 rings (SSSR count). The van der Waals surface area contributed by atoms with E-state index in [2.05, 4.69) is 10.3 Å². The largest absolute Gasteiger partial charge is 0.384 e. The summed E-state index contributed by atoms with van der Waals surface area (Å²) in [7, 11) is 0. The molecule has 0 fully saturated rings. The van der Waals surface area contributed by atoms with Crippen LogP contribution in [0.1, 0.15) is 49.2 Å². The lowest BCUT2D eigenvalue weighted by Crippen LogP contribution is -2.39. The Morgan fingerprint density at radius 1 is 1.26 bits per heavy atom. The molecule has 4 N–H and O–H groups in total. The zero-order chi connectivity index (χ0) is 20.1. The Bertz CT molecular complexity index is 916. The van der Waals surface area contributed by atoms with Crippen molar-refractivity contribution in [2.75, 3.05) is 12.3 Å². The highest BCUT2D eigenvalue weighted by Gasteiger charge is 2.22. The molecule has 0 amide bonds. The second kappa shape index (κ2) is 9.01. The summed E-state index contributed by atoms with van der Waals surface area (Å²) < 4.78 is 1.22. The molecule has 1 aromatic carbocycles. The van der Waals surface area contributed by atoms with Gasteiger partial charge in [-0.05, 0) is 30.0 Å². The Morgan fingerprint density at radius 2 is 1.89 bits per heavy atom. The molecule has 146 valence electrons. The maximum atomic E-state index is 12.7. The number of nitrogens with one attached hydrogen (secondary N) is 2. The molecule has 0 aliphatic rings. The number of carbonyl (C=O) groups is 1. The number of ketones is 1. The first kappa shape index (κ1) is 20.9. The van der Waals surface area contributed by atoms with Crippen molar-refractivity contribution >= 4 is 23.2 Å². The van der Waals surface area contributed by atoms with E-state index in [4.69, 9.17) is 17.3 Å². The number of aromatic nitrogens is 2. The van der Waals surface area contributed by atoms with Crippen LogP contribution in [0.4, 0.5) is 5.82 Å². The number of nitrogens with zero attached hydrogens (tertiary/aromatic N) is 1. The number of carbonyl (C=O) groups excluding carboxylic acids is 1. The van der Waals surface area contributed by atoms with Crippen LogP contribution in [0.15, 0.2) is 33.9 Å². The van der Waals surface area contributed by atoms with Gasteiger partial charge in [-0.25, -0.2) is 4.79 Å². The van der Waals surface area contributed by atoms with Gasteiger partial charge in [-0.2, -0.15) is 0 Å². The molecular weight excluding hydrogens is 368 g/mol. The number of halogens is 1. The lowest BCUT2D eigenvalue weighted by Gasteiger charge is -2.23. The van der Waals surface area contributed by atoms with Gasteiger partial charge < -0.3 is 11.1 Å². The highest BCUT2D eigenvalue weighted by molar-refractivity contribution is 6.30. The van der Waals surface area contributed by atoms with E-state index in [1.54, 1.807) is 12.1 Å². The second-order valence-corrected chi connectivity index (χ2v) is 7.18. The molecule has 2 aromatic rings. The van der Waals surface area contributed by atoms with Gasteiger partial charge >= 0.3 is 5.69 Å². The van der Waals surface area contributed by atoms with Crippen LogP contribution in [0.2, 0.25) is 5.02 Å². The Balaban J connectivity index is 2.26. The molecule has 0 bridgehead atoms. The van der Waals surface area contributed by atoms with Crippen LogP contribution in [0, 0.1) is 5.92 Å². The minimum atomic E-state index is -0.760. The van der Waals surface area contributed by atoms with E-state index in [9.17, 15) is 14.4 Å². The number of Topliss-reactive ketones (excluding diaryl/α,β-unsaturated/α-hetero) is 1. The fraction of sp³-hybridized carbons (Fsp3) is 0.421. The second-order valence-electron chi connectivity index (χ2n) is 6.75. The van der Waals surface area contributed by atoms with Gasteiger partial charge in [-0.3, -0.25) is 19.1 Å². The number of aromatic amines is 1. The molecule has 0 unspecified atom stereocenters. The van der Waals surface area contributed by atoms with Gasteiger partial charge in [-0.15, -0.1) is 0 Å². The summed E-state index contributed by atoms with van der Waals surface area (Å²) in [5, 5.41) is 3.82. The molecule has 27 heavy (non-hydrogen) atoms. The summed E-state index contributed by atoms with van der Waals surface area (Å²) >= 11 is 5.94. The summed E-state index contributed by atoms with van der Waals surface area (Å²) in [4.78, 5) is 38.9. The summed E-state index contributed by atoms with van der Waals surface area (Å²) in [5.41, 5.74) is 5.38. The molecule has 1 atom stereocenters. The van der Waals surface area contributed by atoms with E-state index < -0.39 is 17.0 Å². The number of nitrogen functional groups attached to an aromatic ring is 1. The monoisotopic (exact) mass is 392 g/mol. The van der Waals surface area contributed by atoms with E-state index in [0.717, 1.165) is 5.56 Å². The minimum absolute atomic E-state index is 0.0803. The number of rotatable bonds is 8. The molecule has 7 nitrogen and oxygen atoms in total. The molecular formula is C19H25ClN4O3. The summed E-state index contributed by atoms with van der Waals surface area (Å²) in [6, 6.07) is 7.27. The molecule has 0 aliphatic heterocycles. The standard InChI is InChI=1S/C19H25ClN4O3/c1-4-9-24-17(21)15(18(26)23-19(24)27)14(25)10-22-16(11(2)3)12-5-7-13(20)8-6-12/h5-8,11,16,22H,4,9-10,21H2,1-3H3,(H,23,26,27)/t16-/m0/s1. The third-order valence-electron chi connectivity index (χ3n) is 4.34. The SMILES string of the molecule is CCCn1c(N)c(C(=O)CN[C@H](c2ccc(Cl)cc2)C(C)C)c(=O)[nH]c1=O. The number of hydrogen-bond acceptors (Lipinski definition) is 5. The molecule has 1 heterocycles. The maximum absolute atomic E-state index is 12.7. The average Bonchev–Trinajstić information content (AvgIpc) is 2.59. The fourth-order valence-electron chi connectivity index (χ4n) is 3.00. The molecule has 1 aromatic heterocycles. The van der Waals surface area contributed by atoms with Gasteiger partial charge in [-0.1, -0.05) is 44.5 Å². The molecule has 0 saturated carbocycles. The van der Waals surface area contributed by atoms with Gasteiger partial charge in [0.05, 0.1) is 6.54 Å². The first-order chi connectivity index (χ1) is 12.8. The van der Waals surface area contributed by atoms with E-state index in [1.807, 2.05) is 32.9 Å². The van der Waals surface area contributed by atoms with Gasteiger partial charge in [0.1, 0.15) is 11.4 Å². The van der Waals surface area contributed by atoms with Gasteiger partial charge in [0.15, 0.2) is 5.78 Å². The average molecular weight is 393 g/mol. The number of H-pyrrole nitrogens is 1. The zero-order valence-corrected chi connectivity index (χ0v) is 16.5. The predicted octanol–water partition coefficient (Wildman–Crippen LogP) is 2.35. The summed E-state index contributed by atoms with van der Waals surface area (Å²) in [5.74, 6) is -0.355. The smallest absolute Gasteiger partial charge is 0.329 e. The van der Waals surface area contributed by atoms with Crippen molar-refractivity contribution in [2.24, 2.45) is 5.92 Å². The predicted molar refractivity (Wildman–Crippen MR) is 107 cm³/mol. The lowest BCUT2D eigenvalue weighted by molar-refractivity contribution is 0.0983. The van der Waals surface area contributed by atoms with Crippen molar-refractivity contribution in [1.29, 1.82) is 0 Å². The van der Waals surface area contributed by atoms with Crippen molar-refractivity contribution in [3.8, 4) is 0 Å². The molecule has 0 radical (unpaired) electrons. The molecule has 8 heteroatoms. The van der Waals surface area contributed by atoms with Crippen LogP contribution in [0.25, 0.3) is 0 Å². The van der Waals surface area contributed by atoms with Crippen LogP contribution in [-0.2, 0) is 6.54 Å². The van der Waals surface area contributed by atoms with Crippen molar-refractivity contribution in [1.82, 2.24) is 14.9 Å². The number of benzene rings is 1. The van der Waals surface area contributed by atoms with Crippen LogP contribution >= 0.6 is 11.6 Å². The normalized spacial score (nSPS) is 12.3. The highest BCUT2D eigenvalue weighted by Crippen LogP contribution is 2.23. The van der Waals surface area contributed by atoms with Gasteiger partial charge in [0, 0.05) is 17.6 Å². The summed E-state index contributed by atoms with van der Waals surface area (Å²) in [6.45, 7) is 6.18. The lowest BCUT2D eigenvalue weighted by atomic mass is 9.96. The van der Waals surface area contributed by atoms with Gasteiger partial charge in [0.25, 0.3) is 5.56 Å². The number of nitrogens with two attached hydrogens (primary N) is 1. The number of hydrogen-bond donors (Lipinski definition) is 3. The first-order valence-electron chi connectivity index (χ1n) is 8.90. The van der Waals surface area contributed by atoms with E-state index in [0.29, 0.717) is 18.0 Å². The minimum Gasteiger partial charge on any atom is -0.384 e. The molecule has 0 spiro atoms. The maximum Gasteiger partial charge on any atom is 0.329 e. The fourth-order valence-corrected chi connectivity index (χ4v) is 3.13. The van der Waals surface area contributed by atoms with Crippen molar-refractivity contribution in [3.05, 3.63) is 61.3 Å². The van der Waals surface area contributed by atoms with E-state index in [-0.39, 0.29) is 29.9 Å². The Morgan fingerprint density at radius 3 is 2.44 bits per heavy atom. The van der Waals surface area contributed by atoms with Crippen LogP contribution in [-0.4, -0.2) is 21.9 Å². The first-order valence-corrected chi connectivity index (χ1v) is 9.28. The van der Waals surface area contributed by atoms with Crippen molar-refractivity contribution in [2.45, 2.75) is 39.8 Å². The topological polar surface area (TPSA) is 110 Å². The van der Waals surface area contributed by atoms with Crippen LogP contribution in [0.5, 0.6) is 0 Å². The summed E-state index contributed by atoms with van der Waals surface area (Å²) in [6.07, 6.45) is 0.647. The zero-order valence-electron chi connectivity index (χ0n) is 15.7. The van der Waals surface area contributed by atoms with E-state index >= 15 is 0 Å². The highest BCUT2D eigenvalue weighted by atomic mass is 35.5. The van der Waals surface area contributed by atoms with E-state index in [1.165, 1.54) is 4.57 Å². The third kappa shape index (κ3) is 4.87. The van der Waals surface area contributed by atoms with Crippen LogP contribution in [0.3, 0.4) is 0 Å². The van der Waals surface area contributed by atoms with Crippen LogP contribution < -0.4 is 22.3 Å². The number of anilines is 1. The van der Waals surface area contributed by atoms with Gasteiger partial charge in [0.2, 0.25) is 0 Å². The Kier molecular flexibility index (Phi) is 6.98. The Labute approximate surface area is 162 Å². The molecule has 0 saturated heterocycles. The quantitative estimate of drug-likeness (QED) is 0.597. The van der Waals surface area contributed by atoms with Crippen molar-refractivity contribution < 1.29 is 4.79 Å². The molecule has 0 aliphatic carbocycles. The third-order valence-corrected chi connectivity index (χ3v) is 4.60. The van der Waals surface area contributed by atoms with Crippen molar-refractivity contribution in [3.63, 3.8) is 0 Å².